The monoisotopic (exact) mass is 438 g/mol. The van der Waals surface area contributed by atoms with Crippen LogP contribution in [-0.4, -0.2) is 60.8 Å². The highest BCUT2D eigenvalue weighted by atomic mass is 32.2. The number of carbonyl (C=O) groups is 2. The fourth-order valence-electron chi connectivity index (χ4n) is 3.79. The van der Waals surface area contributed by atoms with Crippen molar-refractivity contribution in [2.24, 2.45) is 0 Å². The standard InChI is InChI=1S/C22H34N2O5S/c1-16(2)24(17(3)4)21(25)18(5)29-22(26)19-10-12-20(13-11-19)30(27,28)23-14-8-6-7-9-15-23/h10-13,16-18H,6-9,14-15H2,1-5H3. The predicted molar refractivity (Wildman–Crippen MR) is 116 cm³/mol. The van der Waals surface area contributed by atoms with Crippen molar-refractivity contribution < 1.29 is 22.7 Å². The van der Waals surface area contributed by atoms with Gasteiger partial charge in [-0.25, -0.2) is 13.2 Å². The van der Waals surface area contributed by atoms with E-state index in [4.69, 9.17) is 4.74 Å². The molecule has 30 heavy (non-hydrogen) atoms. The molecule has 0 radical (unpaired) electrons. The van der Waals surface area contributed by atoms with Crippen LogP contribution >= 0.6 is 0 Å². The second kappa shape index (κ2) is 10.4. The SMILES string of the molecule is CC(OC(=O)c1ccc(S(=O)(=O)N2CCCCCC2)cc1)C(=O)N(C(C)C)C(C)C. The minimum Gasteiger partial charge on any atom is -0.449 e. The number of esters is 1. The fourth-order valence-corrected chi connectivity index (χ4v) is 5.31. The summed E-state index contributed by atoms with van der Waals surface area (Å²) < 4.78 is 32.6. The van der Waals surface area contributed by atoms with Gasteiger partial charge in [-0.3, -0.25) is 4.79 Å². The average molecular weight is 439 g/mol. The fraction of sp³-hybridized carbons (Fsp3) is 0.636. The van der Waals surface area contributed by atoms with Crippen LogP contribution in [0.5, 0.6) is 0 Å². The Labute approximate surface area is 180 Å². The van der Waals surface area contributed by atoms with Crippen LogP contribution in [0.3, 0.4) is 0 Å². The molecule has 8 heteroatoms. The second-order valence-electron chi connectivity index (χ2n) is 8.32. The van der Waals surface area contributed by atoms with E-state index < -0.39 is 22.1 Å². The Morgan fingerprint density at radius 2 is 1.40 bits per heavy atom. The van der Waals surface area contributed by atoms with Gasteiger partial charge in [-0.2, -0.15) is 4.31 Å². The maximum atomic E-state index is 12.9. The summed E-state index contributed by atoms with van der Waals surface area (Å²) in [6.07, 6.45) is 2.87. The summed E-state index contributed by atoms with van der Waals surface area (Å²) in [7, 11) is -3.57. The first-order valence-corrected chi connectivity index (χ1v) is 12.1. The van der Waals surface area contributed by atoms with Gasteiger partial charge in [-0.05, 0) is 71.7 Å². The van der Waals surface area contributed by atoms with Gasteiger partial charge in [0.1, 0.15) is 0 Å². The maximum Gasteiger partial charge on any atom is 0.338 e. The van der Waals surface area contributed by atoms with Gasteiger partial charge >= 0.3 is 5.97 Å². The Morgan fingerprint density at radius 3 is 1.87 bits per heavy atom. The van der Waals surface area contributed by atoms with Gasteiger partial charge in [0.25, 0.3) is 5.91 Å². The summed E-state index contributed by atoms with van der Waals surface area (Å²) >= 11 is 0. The number of hydrogen-bond donors (Lipinski definition) is 0. The zero-order chi connectivity index (χ0) is 22.5. The number of rotatable bonds is 7. The number of carbonyl (C=O) groups excluding carboxylic acids is 2. The lowest BCUT2D eigenvalue weighted by Gasteiger charge is -2.32. The molecule has 168 valence electrons. The Morgan fingerprint density at radius 1 is 0.900 bits per heavy atom. The van der Waals surface area contributed by atoms with E-state index in [-0.39, 0.29) is 28.4 Å². The first-order chi connectivity index (χ1) is 14.1. The van der Waals surface area contributed by atoms with Crippen molar-refractivity contribution in [3.05, 3.63) is 29.8 Å². The zero-order valence-corrected chi connectivity index (χ0v) is 19.4. The molecular formula is C22H34N2O5S. The lowest BCUT2D eigenvalue weighted by atomic mass is 10.2. The van der Waals surface area contributed by atoms with Gasteiger partial charge < -0.3 is 9.64 Å². The summed E-state index contributed by atoms with van der Waals surface area (Å²) in [5.41, 5.74) is 0.213. The highest BCUT2D eigenvalue weighted by Crippen LogP contribution is 2.21. The van der Waals surface area contributed by atoms with Crippen LogP contribution in [0, 0.1) is 0 Å². The molecule has 1 atom stereocenters. The first-order valence-electron chi connectivity index (χ1n) is 10.7. The Hall–Kier alpha value is -1.93. The summed E-state index contributed by atoms with van der Waals surface area (Å²) in [4.78, 5) is 27.0. The second-order valence-corrected chi connectivity index (χ2v) is 10.3. The number of amides is 1. The molecular weight excluding hydrogens is 404 g/mol. The third-order valence-corrected chi connectivity index (χ3v) is 7.20. The molecule has 0 bridgehead atoms. The van der Waals surface area contributed by atoms with Crippen LogP contribution in [-0.2, 0) is 19.6 Å². The van der Waals surface area contributed by atoms with E-state index in [0.717, 1.165) is 25.7 Å². The van der Waals surface area contributed by atoms with E-state index in [1.807, 2.05) is 27.7 Å². The van der Waals surface area contributed by atoms with E-state index >= 15 is 0 Å². The predicted octanol–water partition coefficient (Wildman–Crippen LogP) is 3.44. The van der Waals surface area contributed by atoms with Crippen molar-refractivity contribution in [3.63, 3.8) is 0 Å². The third-order valence-electron chi connectivity index (χ3n) is 5.29. The molecule has 2 rings (SSSR count). The molecule has 1 fully saturated rings. The van der Waals surface area contributed by atoms with Crippen molar-refractivity contribution >= 4 is 21.9 Å². The van der Waals surface area contributed by atoms with Crippen LogP contribution in [0.4, 0.5) is 0 Å². The summed E-state index contributed by atoms with van der Waals surface area (Å²) in [5.74, 6) is -0.907. The minimum atomic E-state index is -3.57. The lowest BCUT2D eigenvalue weighted by molar-refractivity contribution is -0.143. The molecule has 1 amide bonds. The molecule has 1 aliphatic rings. The van der Waals surface area contributed by atoms with Crippen molar-refractivity contribution in [3.8, 4) is 0 Å². The van der Waals surface area contributed by atoms with Gasteiger partial charge in [0.15, 0.2) is 6.10 Å². The van der Waals surface area contributed by atoms with Crippen LogP contribution in [0.1, 0.15) is 70.7 Å². The topological polar surface area (TPSA) is 84.0 Å². The lowest BCUT2D eigenvalue weighted by Crippen LogP contribution is -2.47. The van der Waals surface area contributed by atoms with Gasteiger partial charge in [-0.1, -0.05) is 12.8 Å². The molecule has 1 unspecified atom stereocenters. The van der Waals surface area contributed by atoms with Crippen molar-refractivity contribution in [2.45, 2.75) is 83.4 Å². The minimum absolute atomic E-state index is 0.0119. The van der Waals surface area contributed by atoms with Crippen LogP contribution in [0.25, 0.3) is 0 Å². The van der Waals surface area contributed by atoms with Crippen LogP contribution in [0.15, 0.2) is 29.2 Å². The van der Waals surface area contributed by atoms with E-state index in [1.165, 1.54) is 28.6 Å². The van der Waals surface area contributed by atoms with Crippen molar-refractivity contribution in [1.29, 1.82) is 0 Å². The molecule has 7 nitrogen and oxygen atoms in total. The smallest absolute Gasteiger partial charge is 0.338 e. The molecule has 0 spiro atoms. The van der Waals surface area contributed by atoms with Crippen molar-refractivity contribution in [2.75, 3.05) is 13.1 Å². The number of benzene rings is 1. The molecule has 1 aromatic carbocycles. The highest BCUT2D eigenvalue weighted by Gasteiger charge is 2.29. The summed E-state index contributed by atoms with van der Waals surface area (Å²) in [5, 5.41) is 0. The van der Waals surface area contributed by atoms with Crippen molar-refractivity contribution in [1.82, 2.24) is 9.21 Å². The summed E-state index contributed by atoms with van der Waals surface area (Å²) in [6, 6.07) is 5.71. The Kier molecular flexibility index (Phi) is 8.43. The van der Waals surface area contributed by atoms with Gasteiger partial charge in [-0.15, -0.1) is 0 Å². The highest BCUT2D eigenvalue weighted by molar-refractivity contribution is 7.89. The zero-order valence-electron chi connectivity index (χ0n) is 18.6. The Bertz CT molecular complexity index is 818. The molecule has 1 aromatic rings. The third kappa shape index (κ3) is 5.82. The molecule has 0 aromatic heterocycles. The molecule has 1 saturated heterocycles. The molecule has 1 heterocycles. The number of hydrogen-bond acceptors (Lipinski definition) is 5. The van der Waals surface area contributed by atoms with E-state index in [9.17, 15) is 18.0 Å². The first kappa shape index (κ1) is 24.3. The number of sulfonamides is 1. The maximum absolute atomic E-state index is 12.9. The van der Waals surface area contributed by atoms with Crippen LogP contribution < -0.4 is 0 Å². The molecule has 0 aliphatic carbocycles. The number of ether oxygens (including phenoxy) is 1. The summed E-state index contributed by atoms with van der Waals surface area (Å²) in [6.45, 7) is 10.2. The number of nitrogens with zero attached hydrogens (tertiary/aromatic N) is 2. The van der Waals surface area contributed by atoms with Gasteiger partial charge in [0.05, 0.1) is 10.5 Å². The van der Waals surface area contributed by atoms with E-state index in [2.05, 4.69) is 0 Å². The van der Waals surface area contributed by atoms with Crippen LogP contribution in [0.2, 0.25) is 0 Å². The largest absolute Gasteiger partial charge is 0.449 e. The Balaban J connectivity index is 2.08. The van der Waals surface area contributed by atoms with E-state index in [1.54, 1.807) is 11.8 Å². The average Bonchev–Trinajstić information content (AvgIpc) is 2.97. The molecule has 0 saturated carbocycles. The molecule has 1 aliphatic heterocycles. The van der Waals surface area contributed by atoms with Gasteiger partial charge in [0, 0.05) is 25.2 Å². The normalized spacial score (nSPS) is 16.9. The van der Waals surface area contributed by atoms with E-state index in [0.29, 0.717) is 13.1 Å². The van der Waals surface area contributed by atoms with Gasteiger partial charge in [0.2, 0.25) is 10.0 Å². The quantitative estimate of drug-likeness (QED) is 0.609. The molecule has 0 N–H and O–H groups in total.